The van der Waals surface area contributed by atoms with Gasteiger partial charge in [-0.1, -0.05) is 0 Å². The van der Waals surface area contributed by atoms with Gasteiger partial charge < -0.3 is 10.6 Å². The number of aromatic nitrogens is 2. The Morgan fingerprint density at radius 3 is 3.11 bits per heavy atom. The molecule has 1 unspecified atom stereocenters. The van der Waals surface area contributed by atoms with E-state index in [4.69, 9.17) is 5.73 Å². The van der Waals surface area contributed by atoms with Crippen LogP contribution >= 0.6 is 11.3 Å². The van der Waals surface area contributed by atoms with Crippen molar-refractivity contribution < 1.29 is 9.59 Å². The van der Waals surface area contributed by atoms with Crippen LogP contribution in [-0.4, -0.2) is 34.2 Å². The first-order valence-electron chi connectivity index (χ1n) is 6.19. The normalized spacial score (nSPS) is 19.8. The number of nitrogens with two attached hydrogens (primary N) is 1. The summed E-state index contributed by atoms with van der Waals surface area (Å²) in [6, 6.07) is -0.364. The number of thiazole rings is 1. The smallest absolute Gasteiger partial charge is 0.240 e. The molecule has 1 aliphatic rings. The number of nitrogens with zero attached hydrogens (tertiary/aromatic N) is 3. The molecule has 1 saturated heterocycles. The molecule has 19 heavy (non-hydrogen) atoms. The van der Waals surface area contributed by atoms with Gasteiger partial charge in [-0.25, -0.2) is 4.98 Å². The molecule has 3 heterocycles. The quantitative estimate of drug-likeness (QED) is 0.851. The van der Waals surface area contributed by atoms with Crippen LogP contribution in [0.15, 0.2) is 11.6 Å². The standard InChI is InChI=1S/C12H14N4O2S/c13-10(18)8-3-1-2-4-15(8)11-9(7-17)16-5-6-19-12(16)14-11/h5-8H,1-4H2,(H2,13,18). The summed E-state index contributed by atoms with van der Waals surface area (Å²) in [5.74, 6) is 0.221. The SMILES string of the molecule is NC(=O)C1CCCCN1c1nc2sccn2c1C=O. The molecule has 0 saturated carbocycles. The van der Waals surface area contributed by atoms with Gasteiger partial charge in [0.15, 0.2) is 17.1 Å². The Morgan fingerprint density at radius 1 is 1.53 bits per heavy atom. The summed E-state index contributed by atoms with van der Waals surface area (Å²) in [7, 11) is 0. The minimum Gasteiger partial charge on any atom is -0.368 e. The number of hydrogen-bond acceptors (Lipinski definition) is 5. The molecule has 2 aromatic heterocycles. The lowest BCUT2D eigenvalue weighted by Crippen LogP contribution is -2.48. The van der Waals surface area contributed by atoms with Crippen molar-refractivity contribution >= 4 is 34.3 Å². The van der Waals surface area contributed by atoms with Gasteiger partial charge in [0.05, 0.1) is 0 Å². The zero-order valence-corrected chi connectivity index (χ0v) is 11.1. The third-order valence-electron chi connectivity index (χ3n) is 3.49. The number of rotatable bonds is 3. The Labute approximate surface area is 113 Å². The maximum absolute atomic E-state index is 11.6. The van der Waals surface area contributed by atoms with Crippen LogP contribution in [0.2, 0.25) is 0 Å². The van der Waals surface area contributed by atoms with Crippen molar-refractivity contribution in [1.82, 2.24) is 9.38 Å². The minimum absolute atomic E-state index is 0.354. The summed E-state index contributed by atoms with van der Waals surface area (Å²) >= 11 is 1.46. The van der Waals surface area contributed by atoms with Crippen LogP contribution in [0.1, 0.15) is 29.8 Å². The predicted octanol–water partition coefficient (Wildman–Crippen LogP) is 1.05. The van der Waals surface area contributed by atoms with E-state index in [1.54, 1.807) is 4.40 Å². The highest BCUT2D eigenvalue weighted by Gasteiger charge is 2.31. The third-order valence-corrected chi connectivity index (χ3v) is 4.25. The van der Waals surface area contributed by atoms with Crippen molar-refractivity contribution in [3.8, 4) is 0 Å². The van der Waals surface area contributed by atoms with Gasteiger partial charge in [-0.2, -0.15) is 0 Å². The Bertz CT molecular complexity index is 633. The number of amides is 1. The number of hydrogen-bond donors (Lipinski definition) is 1. The number of primary amides is 1. The molecule has 1 aliphatic heterocycles. The fraction of sp³-hybridized carbons (Fsp3) is 0.417. The van der Waals surface area contributed by atoms with Crippen LogP contribution in [0, 0.1) is 0 Å². The van der Waals surface area contributed by atoms with Gasteiger partial charge in [-0.3, -0.25) is 14.0 Å². The van der Waals surface area contributed by atoms with Crippen molar-refractivity contribution in [2.75, 3.05) is 11.4 Å². The lowest BCUT2D eigenvalue weighted by atomic mass is 10.0. The van der Waals surface area contributed by atoms with E-state index >= 15 is 0 Å². The highest BCUT2D eigenvalue weighted by molar-refractivity contribution is 7.15. The number of piperidine rings is 1. The molecule has 1 atom stereocenters. The predicted molar refractivity (Wildman–Crippen MR) is 72.6 cm³/mol. The van der Waals surface area contributed by atoms with E-state index in [1.807, 2.05) is 16.5 Å². The second-order valence-corrected chi connectivity index (χ2v) is 5.47. The molecule has 0 bridgehead atoms. The van der Waals surface area contributed by atoms with Crippen LogP contribution in [0.3, 0.4) is 0 Å². The topological polar surface area (TPSA) is 80.7 Å². The molecule has 6 nitrogen and oxygen atoms in total. The number of aldehydes is 1. The molecule has 2 aromatic rings. The van der Waals surface area contributed by atoms with Gasteiger partial charge in [0, 0.05) is 18.1 Å². The molecule has 0 aromatic carbocycles. The molecule has 3 rings (SSSR count). The van der Waals surface area contributed by atoms with Gasteiger partial charge >= 0.3 is 0 Å². The Morgan fingerprint density at radius 2 is 2.37 bits per heavy atom. The van der Waals surface area contributed by atoms with E-state index < -0.39 is 0 Å². The summed E-state index contributed by atoms with van der Waals surface area (Å²) in [6.07, 6.45) is 5.27. The van der Waals surface area contributed by atoms with E-state index in [2.05, 4.69) is 4.98 Å². The molecule has 0 aliphatic carbocycles. The van der Waals surface area contributed by atoms with Crippen LogP contribution in [0.4, 0.5) is 5.82 Å². The Hall–Kier alpha value is -1.89. The van der Waals surface area contributed by atoms with E-state index in [9.17, 15) is 9.59 Å². The van der Waals surface area contributed by atoms with Crippen LogP contribution in [0.25, 0.3) is 4.96 Å². The van der Waals surface area contributed by atoms with Gasteiger partial charge in [-0.15, -0.1) is 11.3 Å². The van der Waals surface area contributed by atoms with Crippen molar-refractivity contribution in [3.05, 3.63) is 17.3 Å². The minimum atomic E-state index is -0.364. The number of carbonyl (C=O) groups excluding carboxylic acids is 2. The second kappa shape index (κ2) is 4.65. The van der Waals surface area contributed by atoms with Gasteiger partial charge in [0.25, 0.3) is 0 Å². The van der Waals surface area contributed by atoms with Crippen LogP contribution < -0.4 is 10.6 Å². The molecule has 0 spiro atoms. The fourth-order valence-electron chi connectivity index (χ4n) is 2.59. The fourth-order valence-corrected chi connectivity index (χ4v) is 3.31. The van der Waals surface area contributed by atoms with Crippen molar-refractivity contribution in [2.24, 2.45) is 5.73 Å². The van der Waals surface area contributed by atoms with E-state index in [1.165, 1.54) is 11.3 Å². The monoisotopic (exact) mass is 278 g/mol. The number of imidazole rings is 1. The average Bonchev–Trinajstić information content (AvgIpc) is 2.98. The van der Waals surface area contributed by atoms with Crippen LogP contribution in [-0.2, 0) is 4.79 Å². The molecule has 100 valence electrons. The molecule has 0 radical (unpaired) electrons. The lowest BCUT2D eigenvalue weighted by Gasteiger charge is -2.34. The highest BCUT2D eigenvalue weighted by atomic mass is 32.1. The molecule has 2 N–H and O–H groups in total. The van der Waals surface area contributed by atoms with Crippen molar-refractivity contribution in [3.63, 3.8) is 0 Å². The molecular formula is C12H14N4O2S. The second-order valence-electron chi connectivity index (χ2n) is 4.60. The Kier molecular flexibility index (Phi) is 2.98. The summed E-state index contributed by atoms with van der Waals surface area (Å²) in [6.45, 7) is 0.708. The highest BCUT2D eigenvalue weighted by Crippen LogP contribution is 2.28. The van der Waals surface area contributed by atoms with Crippen molar-refractivity contribution in [1.29, 1.82) is 0 Å². The molecule has 7 heteroatoms. The lowest BCUT2D eigenvalue weighted by molar-refractivity contribution is -0.119. The van der Waals surface area contributed by atoms with Crippen molar-refractivity contribution in [2.45, 2.75) is 25.3 Å². The number of anilines is 1. The van der Waals surface area contributed by atoms with Gasteiger partial charge in [0.2, 0.25) is 5.91 Å². The average molecular weight is 278 g/mol. The zero-order valence-electron chi connectivity index (χ0n) is 10.3. The number of carbonyl (C=O) groups is 2. The zero-order chi connectivity index (χ0) is 13.4. The molecular weight excluding hydrogens is 264 g/mol. The summed E-state index contributed by atoms with van der Waals surface area (Å²) in [5, 5.41) is 1.88. The summed E-state index contributed by atoms with van der Waals surface area (Å²) in [5.41, 5.74) is 5.95. The molecule has 1 fully saturated rings. The maximum atomic E-state index is 11.6. The summed E-state index contributed by atoms with van der Waals surface area (Å²) in [4.78, 5) is 30.0. The third kappa shape index (κ3) is 1.90. The number of fused-ring (bicyclic) bond motifs is 1. The Balaban J connectivity index is 2.08. The summed E-state index contributed by atoms with van der Waals surface area (Å²) < 4.78 is 1.75. The van der Waals surface area contributed by atoms with E-state index in [-0.39, 0.29) is 11.9 Å². The van der Waals surface area contributed by atoms with Gasteiger partial charge in [-0.05, 0) is 19.3 Å². The molecule has 1 amide bonds. The first-order valence-corrected chi connectivity index (χ1v) is 7.07. The first-order chi connectivity index (χ1) is 9.22. The van der Waals surface area contributed by atoms with E-state index in [0.29, 0.717) is 18.1 Å². The van der Waals surface area contributed by atoms with Gasteiger partial charge in [0.1, 0.15) is 11.7 Å². The first kappa shape index (κ1) is 12.2. The van der Waals surface area contributed by atoms with Crippen LogP contribution in [0.5, 0.6) is 0 Å². The largest absolute Gasteiger partial charge is 0.368 e. The van der Waals surface area contributed by atoms with E-state index in [0.717, 1.165) is 30.5 Å². The maximum Gasteiger partial charge on any atom is 0.240 e.